The van der Waals surface area contributed by atoms with Gasteiger partial charge in [0.1, 0.15) is 0 Å². The number of aryl methyl sites for hydroxylation is 1. The molecule has 0 atom stereocenters. The predicted octanol–water partition coefficient (Wildman–Crippen LogP) is 3.45. The first-order valence-electron chi connectivity index (χ1n) is 8.54. The van der Waals surface area contributed by atoms with Gasteiger partial charge in [-0.2, -0.15) is 5.10 Å². The van der Waals surface area contributed by atoms with E-state index in [2.05, 4.69) is 36.6 Å². The predicted molar refractivity (Wildman–Crippen MR) is 108 cm³/mol. The molecule has 0 bridgehead atoms. The second-order valence-electron chi connectivity index (χ2n) is 6.43. The van der Waals surface area contributed by atoms with Crippen LogP contribution in [-0.4, -0.2) is 33.1 Å². The maximum absolute atomic E-state index is 12.5. The Balaban J connectivity index is 1.70. The van der Waals surface area contributed by atoms with Crippen LogP contribution in [0.1, 0.15) is 35.9 Å². The lowest BCUT2D eigenvalue weighted by Gasteiger charge is -2.10. The van der Waals surface area contributed by atoms with Gasteiger partial charge in [0.05, 0.1) is 29.7 Å². The minimum atomic E-state index is -0.346. The molecule has 0 unspecified atom stereocenters. The van der Waals surface area contributed by atoms with E-state index in [0.29, 0.717) is 16.9 Å². The van der Waals surface area contributed by atoms with Gasteiger partial charge in [0.15, 0.2) is 5.65 Å². The van der Waals surface area contributed by atoms with Gasteiger partial charge in [0, 0.05) is 15.9 Å². The molecule has 27 heavy (non-hydrogen) atoms. The van der Waals surface area contributed by atoms with Crippen molar-refractivity contribution in [3.63, 3.8) is 0 Å². The Morgan fingerprint density at radius 2 is 2.00 bits per heavy atom. The highest BCUT2D eigenvalue weighted by Gasteiger charge is 2.16. The molecule has 0 saturated carbocycles. The van der Waals surface area contributed by atoms with Crippen LogP contribution in [0.25, 0.3) is 11.0 Å². The van der Waals surface area contributed by atoms with Crippen LogP contribution in [0.15, 0.2) is 41.0 Å². The maximum Gasteiger partial charge on any atom is 0.253 e. The van der Waals surface area contributed by atoms with Gasteiger partial charge in [-0.1, -0.05) is 12.1 Å². The smallest absolute Gasteiger partial charge is 0.253 e. The summed E-state index contributed by atoms with van der Waals surface area (Å²) >= 11 is 3.37. The van der Waals surface area contributed by atoms with Crippen LogP contribution in [-0.2, 0) is 4.79 Å². The number of fused-ring (bicyclic) bond motifs is 1. The summed E-state index contributed by atoms with van der Waals surface area (Å²) in [6.07, 6.45) is 1.69. The lowest BCUT2D eigenvalue weighted by atomic mass is 10.1. The topological polar surface area (TPSA) is 88.9 Å². The highest BCUT2D eigenvalue weighted by atomic mass is 79.9. The largest absolute Gasteiger partial charge is 0.343 e. The van der Waals surface area contributed by atoms with Crippen molar-refractivity contribution >= 4 is 44.5 Å². The molecular formula is C19H20BrN5O2. The Kier molecular flexibility index (Phi) is 5.55. The molecule has 7 nitrogen and oxygen atoms in total. The summed E-state index contributed by atoms with van der Waals surface area (Å²) in [5.74, 6) is -0.656. The molecule has 0 radical (unpaired) electrons. The summed E-state index contributed by atoms with van der Waals surface area (Å²) in [6, 6.07) is 9.21. The number of hydrogen-bond acceptors (Lipinski definition) is 4. The van der Waals surface area contributed by atoms with E-state index in [1.54, 1.807) is 25.3 Å². The first-order valence-corrected chi connectivity index (χ1v) is 9.33. The van der Waals surface area contributed by atoms with E-state index in [0.717, 1.165) is 15.5 Å². The van der Waals surface area contributed by atoms with E-state index in [-0.39, 0.29) is 24.4 Å². The number of anilines is 1. The first kappa shape index (κ1) is 19.0. The van der Waals surface area contributed by atoms with Crippen LogP contribution in [0.4, 0.5) is 5.69 Å². The molecule has 0 saturated heterocycles. The van der Waals surface area contributed by atoms with Crippen molar-refractivity contribution in [2.75, 3.05) is 11.9 Å². The number of rotatable bonds is 5. The molecule has 2 N–H and O–H groups in total. The van der Waals surface area contributed by atoms with Crippen molar-refractivity contribution in [2.24, 2.45) is 0 Å². The van der Waals surface area contributed by atoms with Gasteiger partial charge < -0.3 is 10.6 Å². The van der Waals surface area contributed by atoms with Crippen molar-refractivity contribution in [1.82, 2.24) is 20.1 Å². The van der Waals surface area contributed by atoms with Gasteiger partial charge in [-0.25, -0.2) is 9.67 Å². The zero-order valence-corrected chi connectivity index (χ0v) is 16.9. The second-order valence-corrected chi connectivity index (χ2v) is 7.28. The Morgan fingerprint density at radius 1 is 1.26 bits per heavy atom. The molecule has 0 aliphatic heterocycles. The molecule has 8 heteroatoms. The van der Waals surface area contributed by atoms with Crippen LogP contribution < -0.4 is 10.6 Å². The minimum Gasteiger partial charge on any atom is -0.343 e. The number of benzene rings is 1. The summed E-state index contributed by atoms with van der Waals surface area (Å²) in [5.41, 5.74) is 2.41. The van der Waals surface area contributed by atoms with Gasteiger partial charge >= 0.3 is 0 Å². The quantitative estimate of drug-likeness (QED) is 0.649. The minimum absolute atomic E-state index is 0.136. The van der Waals surface area contributed by atoms with E-state index < -0.39 is 0 Å². The zero-order chi connectivity index (χ0) is 19.6. The van der Waals surface area contributed by atoms with Gasteiger partial charge in [-0.3, -0.25) is 9.59 Å². The molecule has 0 aliphatic rings. The number of hydrogen-bond donors (Lipinski definition) is 2. The van der Waals surface area contributed by atoms with Gasteiger partial charge in [-0.05, 0) is 54.9 Å². The van der Waals surface area contributed by atoms with Crippen LogP contribution in [0.3, 0.4) is 0 Å². The fourth-order valence-corrected chi connectivity index (χ4v) is 3.07. The molecule has 0 fully saturated rings. The third-order valence-corrected chi connectivity index (χ3v) is 4.74. The monoisotopic (exact) mass is 429 g/mol. The third-order valence-electron chi connectivity index (χ3n) is 4.05. The van der Waals surface area contributed by atoms with Crippen molar-refractivity contribution < 1.29 is 9.59 Å². The van der Waals surface area contributed by atoms with E-state index >= 15 is 0 Å². The molecular weight excluding hydrogens is 410 g/mol. The highest BCUT2D eigenvalue weighted by molar-refractivity contribution is 9.10. The average Bonchev–Trinajstić information content (AvgIpc) is 3.04. The number of carbonyl (C=O) groups is 2. The highest BCUT2D eigenvalue weighted by Crippen LogP contribution is 2.21. The number of nitrogens with zero attached hydrogens (tertiary/aromatic N) is 3. The van der Waals surface area contributed by atoms with E-state index in [4.69, 9.17) is 0 Å². The van der Waals surface area contributed by atoms with Crippen molar-refractivity contribution in [2.45, 2.75) is 26.8 Å². The van der Waals surface area contributed by atoms with Crippen molar-refractivity contribution in [3.05, 3.63) is 52.3 Å². The maximum atomic E-state index is 12.5. The summed E-state index contributed by atoms with van der Waals surface area (Å²) in [4.78, 5) is 29.1. The van der Waals surface area contributed by atoms with E-state index in [1.807, 2.05) is 36.7 Å². The lowest BCUT2D eigenvalue weighted by Crippen LogP contribution is -2.33. The molecule has 2 aromatic heterocycles. The number of nitrogens with one attached hydrogen (secondary N) is 2. The summed E-state index contributed by atoms with van der Waals surface area (Å²) in [7, 11) is 0. The van der Waals surface area contributed by atoms with Crippen LogP contribution in [0.2, 0.25) is 0 Å². The number of halogens is 1. The molecule has 3 aromatic rings. The van der Waals surface area contributed by atoms with Crippen LogP contribution in [0.5, 0.6) is 0 Å². The van der Waals surface area contributed by atoms with Crippen molar-refractivity contribution in [3.8, 4) is 0 Å². The molecule has 2 amide bonds. The standard InChI is InChI=1S/C19H20BrN5O2/c1-11(2)25-18-13(9-22-25)8-14(12(3)23-18)19(27)21-10-17(26)24-16-7-5-4-6-15(16)20/h4-9,11H,10H2,1-3H3,(H,21,27)(H,24,26). The Labute approximate surface area is 165 Å². The lowest BCUT2D eigenvalue weighted by molar-refractivity contribution is -0.115. The number of amides is 2. The first-order chi connectivity index (χ1) is 12.9. The Bertz CT molecular complexity index is 1010. The Morgan fingerprint density at radius 3 is 2.70 bits per heavy atom. The summed E-state index contributed by atoms with van der Waals surface area (Å²) in [6.45, 7) is 5.68. The van der Waals surface area contributed by atoms with Gasteiger partial charge in [0.2, 0.25) is 5.91 Å². The fourth-order valence-electron chi connectivity index (χ4n) is 2.69. The number of pyridine rings is 1. The van der Waals surface area contributed by atoms with E-state index in [9.17, 15) is 9.59 Å². The summed E-state index contributed by atoms with van der Waals surface area (Å²) in [5, 5.41) is 10.5. The zero-order valence-electron chi connectivity index (χ0n) is 15.3. The molecule has 1 aromatic carbocycles. The second kappa shape index (κ2) is 7.87. The van der Waals surface area contributed by atoms with Crippen LogP contribution in [0, 0.1) is 6.92 Å². The number of aromatic nitrogens is 3. The SMILES string of the molecule is Cc1nc2c(cnn2C(C)C)cc1C(=O)NCC(=O)Nc1ccccc1Br. The molecule has 0 spiro atoms. The Hall–Kier alpha value is -2.74. The summed E-state index contributed by atoms with van der Waals surface area (Å²) < 4.78 is 2.59. The average molecular weight is 430 g/mol. The normalized spacial score (nSPS) is 11.0. The molecule has 0 aliphatic carbocycles. The van der Waals surface area contributed by atoms with E-state index in [1.165, 1.54) is 0 Å². The third kappa shape index (κ3) is 4.16. The fraction of sp³-hybridized carbons (Fsp3) is 0.263. The number of para-hydroxylation sites is 1. The van der Waals surface area contributed by atoms with Gasteiger partial charge in [0.25, 0.3) is 5.91 Å². The van der Waals surface area contributed by atoms with Gasteiger partial charge in [-0.15, -0.1) is 0 Å². The van der Waals surface area contributed by atoms with Crippen LogP contribution >= 0.6 is 15.9 Å². The number of carbonyl (C=O) groups excluding carboxylic acids is 2. The molecule has 2 heterocycles. The molecule has 3 rings (SSSR count). The molecule has 140 valence electrons. The van der Waals surface area contributed by atoms with Crippen molar-refractivity contribution in [1.29, 1.82) is 0 Å².